The van der Waals surface area contributed by atoms with Crippen LogP contribution in [0.3, 0.4) is 0 Å². The number of rotatable bonds is 6. The molecule has 1 unspecified atom stereocenters. The fourth-order valence-electron chi connectivity index (χ4n) is 2.03. The number of carboxylic acids is 1. The predicted octanol–water partition coefficient (Wildman–Crippen LogP) is 1.40. The molecule has 0 bridgehead atoms. The Balaban J connectivity index is 2.81. The zero-order valence-electron chi connectivity index (χ0n) is 11.2. The Hall–Kier alpha value is -1.88. The first kappa shape index (κ1) is 15.2. The molecule has 2 atom stereocenters. The van der Waals surface area contributed by atoms with E-state index in [4.69, 9.17) is 10.8 Å². The monoisotopic (exact) mass is 264 g/mol. The molecule has 0 saturated carbocycles. The molecule has 5 heteroatoms. The maximum Gasteiger partial charge on any atom is 0.305 e. The molecular formula is C14H20N2O3. The normalized spacial score (nSPS) is 13.6. The van der Waals surface area contributed by atoms with Gasteiger partial charge in [-0.3, -0.25) is 9.59 Å². The summed E-state index contributed by atoms with van der Waals surface area (Å²) >= 11 is 0. The lowest BCUT2D eigenvalue weighted by atomic mass is 10.1. The molecule has 19 heavy (non-hydrogen) atoms. The summed E-state index contributed by atoms with van der Waals surface area (Å²) in [5.41, 5.74) is 6.68. The Kier molecular flexibility index (Phi) is 5.51. The summed E-state index contributed by atoms with van der Waals surface area (Å²) in [6.45, 7) is 3.97. The number of nitrogens with zero attached hydrogens (tertiary/aromatic N) is 1. The van der Waals surface area contributed by atoms with Crippen molar-refractivity contribution in [3.05, 3.63) is 35.9 Å². The topological polar surface area (TPSA) is 83.6 Å². The third kappa shape index (κ3) is 4.06. The van der Waals surface area contributed by atoms with Crippen LogP contribution in [-0.2, 0) is 9.59 Å². The van der Waals surface area contributed by atoms with E-state index in [2.05, 4.69) is 0 Å². The number of hydrogen-bond acceptors (Lipinski definition) is 3. The van der Waals surface area contributed by atoms with E-state index in [0.717, 1.165) is 5.56 Å². The SMILES string of the molecule is CCN(C(=O)[C@@H](N)c1ccccc1)C(C)CC(=O)O. The van der Waals surface area contributed by atoms with Gasteiger partial charge in [0, 0.05) is 12.6 Å². The average molecular weight is 264 g/mol. The first-order valence-electron chi connectivity index (χ1n) is 6.30. The minimum absolute atomic E-state index is 0.0823. The van der Waals surface area contributed by atoms with Crippen molar-refractivity contribution in [3.63, 3.8) is 0 Å². The summed E-state index contributed by atoms with van der Waals surface area (Å²) in [5, 5.41) is 8.80. The zero-order valence-corrected chi connectivity index (χ0v) is 11.2. The van der Waals surface area contributed by atoms with Crippen molar-refractivity contribution >= 4 is 11.9 Å². The molecule has 1 aromatic rings. The van der Waals surface area contributed by atoms with Crippen molar-refractivity contribution in [1.29, 1.82) is 0 Å². The van der Waals surface area contributed by atoms with Gasteiger partial charge in [-0.05, 0) is 19.4 Å². The van der Waals surface area contributed by atoms with Gasteiger partial charge in [-0.2, -0.15) is 0 Å². The summed E-state index contributed by atoms with van der Waals surface area (Å²) in [6.07, 6.45) is -0.0823. The van der Waals surface area contributed by atoms with E-state index < -0.39 is 12.0 Å². The lowest BCUT2D eigenvalue weighted by Gasteiger charge is -2.29. The van der Waals surface area contributed by atoms with Crippen molar-refractivity contribution in [1.82, 2.24) is 4.90 Å². The van der Waals surface area contributed by atoms with Gasteiger partial charge in [0.05, 0.1) is 6.42 Å². The Morgan fingerprint density at radius 1 is 1.32 bits per heavy atom. The van der Waals surface area contributed by atoms with Gasteiger partial charge >= 0.3 is 5.97 Å². The maximum atomic E-state index is 12.3. The van der Waals surface area contributed by atoms with Crippen molar-refractivity contribution < 1.29 is 14.7 Å². The lowest BCUT2D eigenvalue weighted by Crippen LogP contribution is -2.44. The molecule has 0 aliphatic rings. The molecule has 0 fully saturated rings. The van der Waals surface area contributed by atoms with Gasteiger partial charge in [-0.25, -0.2) is 0 Å². The number of amides is 1. The summed E-state index contributed by atoms with van der Waals surface area (Å²) in [4.78, 5) is 24.5. The highest BCUT2D eigenvalue weighted by Gasteiger charge is 2.26. The standard InChI is InChI=1S/C14H20N2O3/c1-3-16(10(2)9-12(17)18)14(19)13(15)11-7-5-4-6-8-11/h4-8,10,13H,3,9,15H2,1-2H3,(H,17,18)/t10?,13-/m0/s1. The fraction of sp³-hybridized carbons (Fsp3) is 0.429. The summed E-state index contributed by atoms with van der Waals surface area (Å²) < 4.78 is 0. The molecule has 1 aromatic carbocycles. The van der Waals surface area contributed by atoms with E-state index in [0.29, 0.717) is 6.54 Å². The molecule has 0 saturated heterocycles. The lowest BCUT2D eigenvalue weighted by molar-refractivity contribution is -0.140. The van der Waals surface area contributed by atoms with Crippen LogP contribution in [0.5, 0.6) is 0 Å². The van der Waals surface area contributed by atoms with E-state index in [1.165, 1.54) is 4.90 Å². The van der Waals surface area contributed by atoms with E-state index >= 15 is 0 Å². The molecule has 5 nitrogen and oxygen atoms in total. The molecule has 0 spiro atoms. The number of benzene rings is 1. The molecule has 0 aliphatic heterocycles. The second-order valence-corrected chi connectivity index (χ2v) is 4.46. The Morgan fingerprint density at radius 3 is 2.37 bits per heavy atom. The number of aliphatic carboxylic acids is 1. The second kappa shape index (κ2) is 6.89. The molecule has 0 heterocycles. The molecule has 104 valence electrons. The van der Waals surface area contributed by atoms with Crippen molar-refractivity contribution in [2.45, 2.75) is 32.4 Å². The average Bonchev–Trinajstić information content (AvgIpc) is 2.38. The van der Waals surface area contributed by atoms with Gasteiger partial charge in [0.15, 0.2) is 0 Å². The van der Waals surface area contributed by atoms with Gasteiger partial charge in [0.2, 0.25) is 5.91 Å². The minimum atomic E-state index is -0.924. The van der Waals surface area contributed by atoms with E-state index in [-0.39, 0.29) is 18.4 Å². The van der Waals surface area contributed by atoms with Gasteiger partial charge in [-0.15, -0.1) is 0 Å². The van der Waals surface area contributed by atoms with Crippen LogP contribution < -0.4 is 5.73 Å². The van der Waals surface area contributed by atoms with Crippen LogP contribution in [0.1, 0.15) is 31.9 Å². The largest absolute Gasteiger partial charge is 0.481 e. The number of hydrogen-bond donors (Lipinski definition) is 2. The third-order valence-corrected chi connectivity index (χ3v) is 3.05. The third-order valence-electron chi connectivity index (χ3n) is 3.05. The van der Waals surface area contributed by atoms with Crippen LogP contribution in [0.15, 0.2) is 30.3 Å². The first-order chi connectivity index (χ1) is 8.97. The Labute approximate surface area is 113 Å². The van der Waals surface area contributed by atoms with Gasteiger partial charge in [-0.1, -0.05) is 30.3 Å². The van der Waals surface area contributed by atoms with E-state index in [1.807, 2.05) is 25.1 Å². The summed E-state index contributed by atoms with van der Waals surface area (Å²) in [7, 11) is 0. The van der Waals surface area contributed by atoms with E-state index in [1.54, 1.807) is 19.1 Å². The Morgan fingerprint density at radius 2 is 1.89 bits per heavy atom. The number of carboxylic acid groups (broad SMARTS) is 1. The van der Waals surface area contributed by atoms with Crippen molar-refractivity contribution in [3.8, 4) is 0 Å². The predicted molar refractivity (Wildman–Crippen MR) is 72.5 cm³/mol. The van der Waals surface area contributed by atoms with Crippen molar-refractivity contribution in [2.75, 3.05) is 6.54 Å². The Bertz CT molecular complexity index is 434. The molecule has 0 aliphatic carbocycles. The number of carbonyl (C=O) groups excluding carboxylic acids is 1. The first-order valence-corrected chi connectivity index (χ1v) is 6.30. The number of likely N-dealkylation sites (N-methyl/N-ethyl adjacent to an activating group) is 1. The molecular weight excluding hydrogens is 244 g/mol. The second-order valence-electron chi connectivity index (χ2n) is 4.46. The van der Waals surface area contributed by atoms with Crippen LogP contribution in [0.4, 0.5) is 0 Å². The maximum absolute atomic E-state index is 12.3. The van der Waals surface area contributed by atoms with E-state index in [9.17, 15) is 9.59 Å². The van der Waals surface area contributed by atoms with Crippen LogP contribution in [0, 0.1) is 0 Å². The highest BCUT2D eigenvalue weighted by molar-refractivity contribution is 5.83. The fourth-order valence-corrected chi connectivity index (χ4v) is 2.03. The highest BCUT2D eigenvalue weighted by atomic mass is 16.4. The van der Waals surface area contributed by atoms with Crippen LogP contribution >= 0.6 is 0 Å². The zero-order chi connectivity index (χ0) is 14.4. The van der Waals surface area contributed by atoms with Crippen molar-refractivity contribution in [2.24, 2.45) is 5.73 Å². The quantitative estimate of drug-likeness (QED) is 0.813. The minimum Gasteiger partial charge on any atom is -0.481 e. The molecule has 0 radical (unpaired) electrons. The molecule has 3 N–H and O–H groups in total. The molecule has 0 aromatic heterocycles. The van der Waals surface area contributed by atoms with Gasteiger partial charge in [0.1, 0.15) is 6.04 Å². The smallest absolute Gasteiger partial charge is 0.305 e. The number of carbonyl (C=O) groups is 2. The molecule has 1 amide bonds. The highest BCUT2D eigenvalue weighted by Crippen LogP contribution is 2.15. The summed E-state index contributed by atoms with van der Waals surface area (Å²) in [5.74, 6) is -1.17. The van der Waals surface area contributed by atoms with Crippen LogP contribution in [-0.4, -0.2) is 34.5 Å². The van der Waals surface area contributed by atoms with Gasteiger partial charge in [0.25, 0.3) is 0 Å². The summed E-state index contributed by atoms with van der Waals surface area (Å²) in [6, 6.07) is 7.95. The van der Waals surface area contributed by atoms with Crippen LogP contribution in [0.25, 0.3) is 0 Å². The number of nitrogens with two attached hydrogens (primary N) is 1. The van der Waals surface area contributed by atoms with Gasteiger partial charge < -0.3 is 15.7 Å². The molecule has 1 rings (SSSR count). The van der Waals surface area contributed by atoms with Crippen LogP contribution in [0.2, 0.25) is 0 Å².